The molecule has 0 radical (unpaired) electrons. The molecule has 0 N–H and O–H groups in total. The average molecular weight is 224 g/mol. The van der Waals surface area contributed by atoms with E-state index in [0.717, 1.165) is 25.7 Å². The fraction of sp³-hybridized carbons (Fsp3) is 0.733. The van der Waals surface area contributed by atoms with Crippen molar-refractivity contribution in [2.24, 2.45) is 11.8 Å². The van der Waals surface area contributed by atoms with Crippen LogP contribution in [0.4, 0.5) is 4.39 Å². The molecule has 0 aromatic rings. The Morgan fingerprint density at radius 2 is 2.12 bits per heavy atom. The van der Waals surface area contributed by atoms with Crippen LogP contribution in [-0.2, 0) is 0 Å². The summed E-state index contributed by atoms with van der Waals surface area (Å²) in [6, 6.07) is 0. The molecule has 0 aliphatic heterocycles. The molecule has 0 spiro atoms. The third-order valence-corrected chi connectivity index (χ3v) is 3.80. The lowest BCUT2D eigenvalue weighted by atomic mass is 9.76. The van der Waals surface area contributed by atoms with E-state index < -0.39 is 5.67 Å². The van der Waals surface area contributed by atoms with Gasteiger partial charge in [-0.2, -0.15) is 0 Å². The Labute approximate surface area is 99.6 Å². The van der Waals surface area contributed by atoms with Crippen molar-refractivity contribution in [2.45, 2.75) is 58.5 Å². The highest BCUT2D eigenvalue weighted by Gasteiger charge is 2.41. The minimum atomic E-state index is -1.16. The first kappa shape index (κ1) is 13.5. The Balaban J connectivity index is 2.88. The summed E-state index contributed by atoms with van der Waals surface area (Å²) in [5, 5.41) is 0. The van der Waals surface area contributed by atoms with Crippen molar-refractivity contribution in [3.63, 3.8) is 0 Å². The molecule has 0 bridgehead atoms. The number of allylic oxidation sites excluding steroid dienone is 2. The van der Waals surface area contributed by atoms with E-state index in [0.29, 0.717) is 17.9 Å². The van der Waals surface area contributed by atoms with E-state index in [2.05, 4.69) is 27.0 Å². The Morgan fingerprint density at radius 3 is 2.62 bits per heavy atom. The summed E-state index contributed by atoms with van der Waals surface area (Å²) in [4.78, 5) is 0. The maximum atomic E-state index is 15.0. The zero-order valence-electron chi connectivity index (χ0n) is 11.0. The van der Waals surface area contributed by atoms with E-state index in [1.807, 2.05) is 6.92 Å². The van der Waals surface area contributed by atoms with Crippen LogP contribution in [0.5, 0.6) is 0 Å². The first-order valence-corrected chi connectivity index (χ1v) is 6.37. The predicted molar refractivity (Wildman–Crippen MR) is 69.2 cm³/mol. The molecule has 0 heterocycles. The van der Waals surface area contributed by atoms with Crippen LogP contribution in [-0.4, -0.2) is 5.67 Å². The van der Waals surface area contributed by atoms with Gasteiger partial charge in [-0.25, -0.2) is 4.39 Å². The van der Waals surface area contributed by atoms with E-state index in [1.165, 1.54) is 5.57 Å². The molecule has 1 rings (SSSR count). The van der Waals surface area contributed by atoms with E-state index in [-0.39, 0.29) is 5.92 Å². The Morgan fingerprint density at radius 1 is 1.50 bits per heavy atom. The first-order valence-electron chi connectivity index (χ1n) is 6.37. The van der Waals surface area contributed by atoms with Gasteiger partial charge < -0.3 is 0 Å². The molecule has 1 aliphatic rings. The summed E-state index contributed by atoms with van der Waals surface area (Å²) < 4.78 is 15.0. The molecule has 0 nitrogen and oxygen atoms in total. The summed E-state index contributed by atoms with van der Waals surface area (Å²) in [5.74, 6) is 0.676. The Bertz CT molecular complexity index is 277. The molecule has 2 unspecified atom stereocenters. The van der Waals surface area contributed by atoms with Gasteiger partial charge in [0.05, 0.1) is 0 Å². The SMILES string of the molecule is C=C1CCC(CC(C)C)C(F)(C(=C)C)CC1. The molecule has 0 aromatic carbocycles. The topological polar surface area (TPSA) is 0 Å². The van der Waals surface area contributed by atoms with Crippen molar-refractivity contribution in [3.8, 4) is 0 Å². The lowest BCUT2D eigenvalue weighted by Crippen LogP contribution is -2.34. The van der Waals surface area contributed by atoms with Crippen molar-refractivity contribution in [3.05, 3.63) is 24.3 Å². The third kappa shape index (κ3) is 2.96. The fourth-order valence-corrected chi connectivity index (χ4v) is 2.73. The zero-order valence-corrected chi connectivity index (χ0v) is 11.0. The van der Waals surface area contributed by atoms with Gasteiger partial charge >= 0.3 is 0 Å². The summed E-state index contributed by atoms with van der Waals surface area (Å²) >= 11 is 0. The highest BCUT2D eigenvalue weighted by Crippen LogP contribution is 2.44. The molecule has 0 aromatic heterocycles. The van der Waals surface area contributed by atoms with Crippen LogP contribution in [0.2, 0.25) is 0 Å². The van der Waals surface area contributed by atoms with E-state index in [1.54, 1.807) is 0 Å². The first-order chi connectivity index (χ1) is 7.36. The van der Waals surface area contributed by atoms with Gasteiger partial charge in [-0.1, -0.05) is 32.6 Å². The monoisotopic (exact) mass is 224 g/mol. The molecular formula is C15H25F. The molecule has 1 saturated carbocycles. The summed E-state index contributed by atoms with van der Waals surface area (Å²) in [6.45, 7) is 14.1. The minimum absolute atomic E-state index is 0.129. The van der Waals surface area contributed by atoms with Crippen LogP contribution in [0, 0.1) is 11.8 Å². The summed E-state index contributed by atoms with van der Waals surface area (Å²) in [6.07, 6.45) is 4.27. The molecule has 0 saturated heterocycles. The highest BCUT2D eigenvalue weighted by molar-refractivity contribution is 5.16. The molecular weight excluding hydrogens is 199 g/mol. The Hall–Kier alpha value is -0.590. The molecule has 1 fully saturated rings. The lowest BCUT2D eigenvalue weighted by Gasteiger charge is -2.34. The maximum absolute atomic E-state index is 15.0. The predicted octanol–water partition coefficient (Wildman–Crippen LogP) is 5.06. The molecule has 2 atom stereocenters. The molecule has 92 valence electrons. The van der Waals surface area contributed by atoms with Crippen LogP contribution in [0.15, 0.2) is 24.3 Å². The summed E-state index contributed by atoms with van der Waals surface area (Å²) in [5.41, 5.74) is 0.742. The number of hydrogen-bond acceptors (Lipinski definition) is 0. The second-order valence-corrected chi connectivity index (χ2v) is 5.76. The van der Waals surface area contributed by atoms with Crippen LogP contribution < -0.4 is 0 Å². The van der Waals surface area contributed by atoms with Crippen LogP contribution in [0.3, 0.4) is 0 Å². The molecule has 1 aliphatic carbocycles. The third-order valence-electron chi connectivity index (χ3n) is 3.80. The van der Waals surface area contributed by atoms with E-state index >= 15 is 4.39 Å². The normalized spacial score (nSPS) is 31.6. The second-order valence-electron chi connectivity index (χ2n) is 5.76. The molecule has 0 amide bonds. The van der Waals surface area contributed by atoms with E-state index in [4.69, 9.17) is 0 Å². The molecule has 1 heteroatoms. The lowest BCUT2D eigenvalue weighted by molar-refractivity contribution is 0.0974. The maximum Gasteiger partial charge on any atom is 0.134 e. The minimum Gasteiger partial charge on any atom is -0.239 e. The van der Waals surface area contributed by atoms with Crippen molar-refractivity contribution < 1.29 is 4.39 Å². The van der Waals surface area contributed by atoms with Gasteiger partial charge in [0.2, 0.25) is 0 Å². The quantitative estimate of drug-likeness (QED) is 0.464. The highest BCUT2D eigenvalue weighted by atomic mass is 19.1. The van der Waals surface area contributed by atoms with Crippen LogP contribution in [0.25, 0.3) is 0 Å². The van der Waals surface area contributed by atoms with Crippen molar-refractivity contribution >= 4 is 0 Å². The van der Waals surface area contributed by atoms with Gasteiger partial charge in [-0.3, -0.25) is 0 Å². The van der Waals surface area contributed by atoms with Gasteiger partial charge in [0.15, 0.2) is 0 Å². The average Bonchev–Trinajstić information content (AvgIpc) is 2.31. The zero-order chi connectivity index (χ0) is 12.3. The fourth-order valence-electron chi connectivity index (χ4n) is 2.73. The van der Waals surface area contributed by atoms with Gasteiger partial charge in [0.1, 0.15) is 5.67 Å². The van der Waals surface area contributed by atoms with Crippen molar-refractivity contribution in [2.75, 3.05) is 0 Å². The largest absolute Gasteiger partial charge is 0.239 e. The van der Waals surface area contributed by atoms with Crippen LogP contribution in [0.1, 0.15) is 52.9 Å². The number of hydrogen-bond donors (Lipinski definition) is 0. The standard InChI is InChI=1S/C15H25F/c1-11(2)10-14-7-6-13(5)8-9-15(14,16)12(3)4/h11,14H,3,5-10H2,1-2,4H3. The van der Waals surface area contributed by atoms with Gasteiger partial charge in [-0.15, -0.1) is 0 Å². The van der Waals surface area contributed by atoms with Crippen molar-refractivity contribution in [1.29, 1.82) is 0 Å². The van der Waals surface area contributed by atoms with Gasteiger partial charge in [-0.05, 0) is 56.4 Å². The van der Waals surface area contributed by atoms with Crippen LogP contribution >= 0.6 is 0 Å². The van der Waals surface area contributed by atoms with Crippen molar-refractivity contribution in [1.82, 2.24) is 0 Å². The Kier molecular flexibility index (Phi) is 4.35. The van der Waals surface area contributed by atoms with E-state index in [9.17, 15) is 0 Å². The van der Waals surface area contributed by atoms with Gasteiger partial charge in [0, 0.05) is 0 Å². The smallest absolute Gasteiger partial charge is 0.134 e. The number of halogens is 1. The van der Waals surface area contributed by atoms with Gasteiger partial charge in [0.25, 0.3) is 0 Å². The summed E-state index contributed by atoms with van der Waals surface area (Å²) in [7, 11) is 0. The number of alkyl halides is 1. The number of rotatable bonds is 3. The second kappa shape index (κ2) is 5.16. The molecule has 16 heavy (non-hydrogen) atoms.